The van der Waals surface area contributed by atoms with Gasteiger partial charge in [0.05, 0.1) is 0 Å². The number of rotatable bonds is 8. The monoisotopic (exact) mass is 232 g/mol. The van der Waals surface area contributed by atoms with Crippen molar-refractivity contribution in [1.82, 2.24) is 4.98 Å². The van der Waals surface area contributed by atoms with Crippen molar-refractivity contribution in [3.63, 3.8) is 0 Å². The minimum atomic E-state index is 1.11. The first-order chi connectivity index (χ1) is 8.26. The zero-order valence-electron chi connectivity index (χ0n) is 11.5. The van der Waals surface area contributed by atoms with Crippen molar-refractivity contribution < 1.29 is 0 Å². The topological polar surface area (TPSA) is 12.9 Å². The van der Waals surface area contributed by atoms with E-state index in [1.54, 1.807) is 0 Å². The summed E-state index contributed by atoms with van der Waals surface area (Å²) in [5, 5.41) is 0. The van der Waals surface area contributed by atoms with Crippen molar-refractivity contribution in [3.8, 4) is 0 Å². The fourth-order valence-electron chi connectivity index (χ4n) is 2.09. The molecule has 0 aliphatic rings. The lowest BCUT2D eigenvalue weighted by atomic mass is 10.1. The van der Waals surface area contributed by atoms with E-state index in [1.165, 1.54) is 49.9 Å². The Kier molecular flexibility index (Phi) is 6.91. The van der Waals surface area contributed by atoms with E-state index in [-0.39, 0.29) is 0 Å². The molecular formula is C16H26N. The zero-order valence-corrected chi connectivity index (χ0v) is 11.5. The van der Waals surface area contributed by atoms with Crippen LogP contribution in [0.25, 0.3) is 0 Å². The molecule has 1 aromatic rings. The molecule has 0 fully saturated rings. The Bertz CT molecular complexity index is 289. The van der Waals surface area contributed by atoms with Crippen molar-refractivity contribution in [2.45, 2.75) is 65.2 Å². The summed E-state index contributed by atoms with van der Waals surface area (Å²) in [6.07, 6.45) is 9.86. The van der Waals surface area contributed by atoms with Crippen molar-refractivity contribution >= 4 is 0 Å². The summed E-state index contributed by atoms with van der Waals surface area (Å²) >= 11 is 0. The highest BCUT2D eigenvalue weighted by Crippen LogP contribution is 2.11. The van der Waals surface area contributed by atoms with Gasteiger partial charge in [-0.15, -0.1) is 0 Å². The molecule has 1 heterocycles. The largest absolute Gasteiger partial charge is 0.258 e. The molecule has 0 amide bonds. The van der Waals surface area contributed by atoms with Gasteiger partial charge in [-0.3, -0.25) is 4.98 Å². The third-order valence-corrected chi connectivity index (χ3v) is 3.06. The second-order valence-electron chi connectivity index (χ2n) is 4.87. The molecule has 0 aliphatic heterocycles. The molecule has 0 aliphatic carbocycles. The van der Waals surface area contributed by atoms with E-state index in [1.807, 2.05) is 0 Å². The van der Waals surface area contributed by atoms with Gasteiger partial charge in [-0.25, -0.2) is 0 Å². The molecule has 0 bridgehead atoms. The molecule has 17 heavy (non-hydrogen) atoms. The van der Waals surface area contributed by atoms with Crippen LogP contribution in [0.15, 0.2) is 12.1 Å². The summed E-state index contributed by atoms with van der Waals surface area (Å²) in [6.45, 7) is 8.53. The summed E-state index contributed by atoms with van der Waals surface area (Å²) in [4.78, 5) is 4.74. The maximum atomic E-state index is 4.74. The number of pyridine rings is 1. The van der Waals surface area contributed by atoms with Crippen LogP contribution in [0.5, 0.6) is 0 Å². The first kappa shape index (κ1) is 14.2. The number of nitrogens with zero attached hydrogens (tertiary/aromatic N) is 1. The van der Waals surface area contributed by atoms with Crippen LogP contribution < -0.4 is 0 Å². The molecule has 0 aromatic carbocycles. The summed E-state index contributed by atoms with van der Waals surface area (Å²) in [6, 6.07) is 4.28. The van der Waals surface area contributed by atoms with Crippen LogP contribution in [0.4, 0.5) is 0 Å². The fraction of sp³-hybridized carbons (Fsp3) is 0.625. The first-order valence-electron chi connectivity index (χ1n) is 7.08. The second kappa shape index (κ2) is 8.27. The predicted molar refractivity (Wildman–Crippen MR) is 75.2 cm³/mol. The third-order valence-electron chi connectivity index (χ3n) is 3.06. The van der Waals surface area contributed by atoms with Gasteiger partial charge in [-0.1, -0.05) is 39.5 Å². The van der Waals surface area contributed by atoms with Gasteiger partial charge in [0.2, 0.25) is 0 Å². The lowest BCUT2D eigenvalue weighted by Gasteiger charge is -2.06. The number of hydrogen-bond acceptors (Lipinski definition) is 1. The van der Waals surface area contributed by atoms with Crippen LogP contribution >= 0.6 is 0 Å². The van der Waals surface area contributed by atoms with Crippen LogP contribution in [-0.4, -0.2) is 4.98 Å². The highest BCUT2D eigenvalue weighted by molar-refractivity contribution is 5.24. The number of hydrogen-bond donors (Lipinski definition) is 0. The van der Waals surface area contributed by atoms with Gasteiger partial charge in [-0.05, 0) is 50.3 Å². The second-order valence-corrected chi connectivity index (χ2v) is 4.87. The first-order valence-corrected chi connectivity index (χ1v) is 7.08. The SMILES string of the molecule is [CH2]c1cc(CCCCC)nc(CCCCC)c1. The number of unbranched alkanes of at least 4 members (excludes halogenated alkanes) is 4. The lowest BCUT2D eigenvalue weighted by Crippen LogP contribution is -1.98. The quantitative estimate of drug-likeness (QED) is 0.590. The average Bonchev–Trinajstić information content (AvgIpc) is 2.29. The highest BCUT2D eigenvalue weighted by atomic mass is 14.7. The Morgan fingerprint density at radius 2 is 1.35 bits per heavy atom. The molecule has 1 nitrogen and oxygen atoms in total. The van der Waals surface area contributed by atoms with Gasteiger partial charge in [0.15, 0.2) is 0 Å². The molecular weight excluding hydrogens is 206 g/mol. The van der Waals surface area contributed by atoms with Crippen molar-refractivity contribution in [2.75, 3.05) is 0 Å². The molecule has 0 saturated carbocycles. The Labute approximate surface area is 107 Å². The van der Waals surface area contributed by atoms with Gasteiger partial charge in [-0.2, -0.15) is 0 Å². The Morgan fingerprint density at radius 3 is 1.76 bits per heavy atom. The number of aryl methyl sites for hydroxylation is 2. The zero-order chi connectivity index (χ0) is 12.5. The van der Waals surface area contributed by atoms with Crippen molar-refractivity contribution in [2.24, 2.45) is 0 Å². The Balaban J connectivity index is 2.53. The molecule has 0 saturated heterocycles. The van der Waals surface area contributed by atoms with Crippen LogP contribution in [0.3, 0.4) is 0 Å². The fourth-order valence-corrected chi connectivity index (χ4v) is 2.09. The predicted octanol–water partition coefficient (Wildman–Crippen LogP) is 4.73. The van der Waals surface area contributed by atoms with Crippen molar-refractivity contribution in [1.29, 1.82) is 0 Å². The summed E-state index contributed by atoms with van der Waals surface area (Å²) < 4.78 is 0. The van der Waals surface area contributed by atoms with E-state index in [4.69, 9.17) is 4.98 Å². The third kappa shape index (κ3) is 5.86. The minimum Gasteiger partial charge on any atom is -0.258 e. The van der Waals surface area contributed by atoms with Gasteiger partial charge in [0.25, 0.3) is 0 Å². The van der Waals surface area contributed by atoms with Crippen LogP contribution in [0.1, 0.15) is 69.3 Å². The molecule has 0 unspecified atom stereocenters. The maximum Gasteiger partial charge on any atom is 0.0409 e. The molecule has 1 rings (SSSR count). The van der Waals surface area contributed by atoms with Crippen LogP contribution in [-0.2, 0) is 12.8 Å². The van der Waals surface area contributed by atoms with E-state index >= 15 is 0 Å². The van der Waals surface area contributed by atoms with Gasteiger partial charge in [0, 0.05) is 11.4 Å². The van der Waals surface area contributed by atoms with Gasteiger partial charge in [0.1, 0.15) is 0 Å². The Morgan fingerprint density at radius 1 is 0.882 bits per heavy atom. The van der Waals surface area contributed by atoms with E-state index in [0.717, 1.165) is 18.4 Å². The summed E-state index contributed by atoms with van der Waals surface area (Å²) in [7, 11) is 0. The number of aromatic nitrogens is 1. The van der Waals surface area contributed by atoms with Crippen molar-refractivity contribution in [3.05, 3.63) is 36.0 Å². The molecule has 0 atom stereocenters. The molecule has 1 radical (unpaired) electrons. The smallest absolute Gasteiger partial charge is 0.0409 e. The lowest BCUT2D eigenvalue weighted by molar-refractivity contribution is 0.687. The Hall–Kier alpha value is -0.850. The van der Waals surface area contributed by atoms with E-state index in [0.29, 0.717) is 0 Å². The highest BCUT2D eigenvalue weighted by Gasteiger charge is 2.01. The summed E-state index contributed by atoms with van der Waals surface area (Å²) in [5.74, 6) is 0. The van der Waals surface area contributed by atoms with Crippen LogP contribution in [0, 0.1) is 6.92 Å². The standard InChI is InChI=1S/C16H26N/c1-4-6-8-10-15-12-14(3)13-16(17-15)11-9-7-5-2/h12-13H,3-11H2,1-2H3. The normalized spacial score (nSPS) is 10.8. The van der Waals surface area contributed by atoms with Crippen LogP contribution in [0.2, 0.25) is 0 Å². The molecule has 1 heteroatoms. The molecule has 1 aromatic heterocycles. The minimum absolute atomic E-state index is 1.11. The summed E-state index contributed by atoms with van der Waals surface area (Å²) in [5.41, 5.74) is 3.59. The average molecular weight is 232 g/mol. The molecule has 0 N–H and O–H groups in total. The van der Waals surface area contributed by atoms with E-state index < -0.39 is 0 Å². The molecule has 95 valence electrons. The molecule has 0 spiro atoms. The van der Waals surface area contributed by atoms with E-state index in [9.17, 15) is 0 Å². The van der Waals surface area contributed by atoms with Gasteiger partial charge >= 0.3 is 0 Å². The maximum absolute atomic E-state index is 4.74. The van der Waals surface area contributed by atoms with E-state index in [2.05, 4.69) is 32.9 Å². The van der Waals surface area contributed by atoms with Gasteiger partial charge < -0.3 is 0 Å².